The Kier molecular flexibility index (Phi) is 2.09. The standard InChI is InChI=1S/C10H14N2/c11-10(8-4-3-5-8)9-6-1-2-7-12-9/h1-2,6-8,10H,3-5,11H2/t10-/m0/s1. The number of hydrogen-bond donors (Lipinski definition) is 1. The van der Waals surface area contributed by atoms with Crippen LogP contribution in [0.1, 0.15) is 31.0 Å². The van der Waals surface area contributed by atoms with Crippen molar-refractivity contribution in [3.05, 3.63) is 30.1 Å². The zero-order valence-corrected chi connectivity index (χ0v) is 7.11. The van der Waals surface area contributed by atoms with Gasteiger partial charge in [-0.05, 0) is 30.9 Å². The molecule has 1 aromatic heterocycles. The molecule has 2 N–H and O–H groups in total. The Hall–Kier alpha value is -0.890. The summed E-state index contributed by atoms with van der Waals surface area (Å²) in [5.74, 6) is 0.680. The fourth-order valence-electron chi connectivity index (χ4n) is 1.61. The lowest BCUT2D eigenvalue weighted by Crippen LogP contribution is -2.27. The van der Waals surface area contributed by atoms with E-state index in [1.54, 1.807) is 0 Å². The van der Waals surface area contributed by atoms with Gasteiger partial charge in [-0.1, -0.05) is 12.5 Å². The Morgan fingerprint density at radius 3 is 2.75 bits per heavy atom. The molecule has 0 saturated heterocycles. The summed E-state index contributed by atoms with van der Waals surface area (Å²) in [6, 6.07) is 6.11. The highest BCUT2D eigenvalue weighted by atomic mass is 14.8. The van der Waals surface area contributed by atoms with Crippen molar-refractivity contribution in [1.82, 2.24) is 4.98 Å². The molecule has 0 spiro atoms. The van der Waals surface area contributed by atoms with Gasteiger partial charge in [0.1, 0.15) is 0 Å². The van der Waals surface area contributed by atoms with Crippen LogP contribution in [-0.4, -0.2) is 4.98 Å². The van der Waals surface area contributed by atoms with E-state index < -0.39 is 0 Å². The molecular formula is C10H14N2. The van der Waals surface area contributed by atoms with E-state index in [2.05, 4.69) is 4.98 Å². The van der Waals surface area contributed by atoms with Crippen LogP contribution in [0.15, 0.2) is 24.4 Å². The topological polar surface area (TPSA) is 38.9 Å². The Labute approximate surface area is 72.8 Å². The number of aromatic nitrogens is 1. The summed E-state index contributed by atoms with van der Waals surface area (Å²) < 4.78 is 0. The van der Waals surface area contributed by atoms with Gasteiger partial charge in [0.15, 0.2) is 0 Å². The number of nitrogens with two attached hydrogens (primary N) is 1. The Bertz CT molecular complexity index is 241. The second-order valence-corrected chi connectivity index (χ2v) is 3.47. The SMILES string of the molecule is N[C@H](c1ccccn1)C1CCC1. The van der Waals surface area contributed by atoms with Crippen LogP contribution in [0.2, 0.25) is 0 Å². The van der Waals surface area contributed by atoms with E-state index >= 15 is 0 Å². The maximum absolute atomic E-state index is 6.04. The molecule has 12 heavy (non-hydrogen) atoms. The molecule has 0 radical (unpaired) electrons. The van der Waals surface area contributed by atoms with Crippen molar-refractivity contribution in [2.45, 2.75) is 25.3 Å². The summed E-state index contributed by atoms with van der Waals surface area (Å²) in [5, 5.41) is 0. The largest absolute Gasteiger partial charge is 0.322 e. The van der Waals surface area contributed by atoms with Crippen LogP contribution < -0.4 is 5.73 Å². The van der Waals surface area contributed by atoms with Crippen molar-refractivity contribution in [2.75, 3.05) is 0 Å². The molecule has 0 aliphatic heterocycles. The van der Waals surface area contributed by atoms with Crippen LogP contribution in [0.25, 0.3) is 0 Å². The molecule has 2 rings (SSSR count). The smallest absolute Gasteiger partial charge is 0.0573 e. The fraction of sp³-hybridized carbons (Fsp3) is 0.500. The minimum absolute atomic E-state index is 0.167. The van der Waals surface area contributed by atoms with Gasteiger partial charge in [-0.2, -0.15) is 0 Å². The number of rotatable bonds is 2. The minimum Gasteiger partial charge on any atom is -0.322 e. The van der Waals surface area contributed by atoms with E-state index in [1.165, 1.54) is 19.3 Å². The van der Waals surface area contributed by atoms with E-state index in [0.717, 1.165) is 5.69 Å². The van der Waals surface area contributed by atoms with Gasteiger partial charge in [0.25, 0.3) is 0 Å². The molecule has 0 amide bonds. The zero-order valence-electron chi connectivity index (χ0n) is 7.11. The first-order valence-corrected chi connectivity index (χ1v) is 4.54. The third-order valence-electron chi connectivity index (χ3n) is 2.69. The maximum Gasteiger partial charge on any atom is 0.0573 e. The average Bonchev–Trinajstić information content (AvgIpc) is 2.03. The normalized spacial score (nSPS) is 20.1. The number of hydrogen-bond acceptors (Lipinski definition) is 2. The molecule has 1 fully saturated rings. The van der Waals surface area contributed by atoms with E-state index in [9.17, 15) is 0 Å². The highest BCUT2D eigenvalue weighted by molar-refractivity contribution is 5.09. The Morgan fingerprint density at radius 1 is 1.42 bits per heavy atom. The van der Waals surface area contributed by atoms with Gasteiger partial charge in [0, 0.05) is 12.2 Å². The molecule has 1 aliphatic rings. The van der Waals surface area contributed by atoms with Gasteiger partial charge >= 0.3 is 0 Å². The molecule has 64 valence electrons. The summed E-state index contributed by atoms with van der Waals surface area (Å²) in [4.78, 5) is 4.26. The van der Waals surface area contributed by atoms with Crippen molar-refractivity contribution in [3.8, 4) is 0 Å². The minimum atomic E-state index is 0.167. The summed E-state index contributed by atoms with van der Waals surface area (Å²) in [6.07, 6.45) is 5.70. The third kappa shape index (κ3) is 1.34. The Morgan fingerprint density at radius 2 is 2.25 bits per heavy atom. The molecule has 1 aliphatic carbocycles. The quantitative estimate of drug-likeness (QED) is 0.721. The predicted molar refractivity (Wildman–Crippen MR) is 48.5 cm³/mol. The van der Waals surface area contributed by atoms with Crippen LogP contribution in [0.3, 0.4) is 0 Å². The summed E-state index contributed by atoms with van der Waals surface area (Å²) in [7, 11) is 0. The van der Waals surface area contributed by atoms with Gasteiger partial charge in [0.2, 0.25) is 0 Å². The van der Waals surface area contributed by atoms with Crippen molar-refractivity contribution in [2.24, 2.45) is 11.7 Å². The van der Waals surface area contributed by atoms with Crippen molar-refractivity contribution in [1.29, 1.82) is 0 Å². The van der Waals surface area contributed by atoms with E-state index in [4.69, 9.17) is 5.73 Å². The second kappa shape index (κ2) is 3.23. The van der Waals surface area contributed by atoms with Crippen molar-refractivity contribution < 1.29 is 0 Å². The van der Waals surface area contributed by atoms with Crippen LogP contribution in [0, 0.1) is 5.92 Å². The maximum atomic E-state index is 6.04. The van der Waals surface area contributed by atoms with Gasteiger partial charge in [-0.15, -0.1) is 0 Å². The highest BCUT2D eigenvalue weighted by Gasteiger charge is 2.25. The lowest BCUT2D eigenvalue weighted by Gasteiger charge is -2.30. The molecule has 2 heteroatoms. The highest BCUT2D eigenvalue weighted by Crippen LogP contribution is 2.35. The summed E-state index contributed by atoms with van der Waals surface area (Å²) in [6.45, 7) is 0. The van der Waals surface area contributed by atoms with Gasteiger partial charge in [0.05, 0.1) is 5.69 Å². The first kappa shape index (κ1) is 7.74. The summed E-state index contributed by atoms with van der Waals surface area (Å²) in [5.41, 5.74) is 7.08. The molecule has 0 bridgehead atoms. The first-order chi connectivity index (χ1) is 5.88. The molecular weight excluding hydrogens is 148 g/mol. The van der Waals surface area contributed by atoms with Crippen LogP contribution in [-0.2, 0) is 0 Å². The monoisotopic (exact) mass is 162 g/mol. The van der Waals surface area contributed by atoms with E-state index in [1.807, 2.05) is 24.4 Å². The van der Waals surface area contributed by atoms with E-state index in [-0.39, 0.29) is 6.04 Å². The molecule has 1 aromatic rings. The number of pyridine rings is 1. The molecule has 1 heterocycles. The van der Waals surface area contributed by atoms with Crippen molar-refractivity contribution in [3.63, 3.8) is 0 Å². The van der Waals surface area contributed by atoms with Gasteiger partial charge in [-0.25, -0.2) is 0 Å². The van der Waals surface area contributed by atoms with Crippen LogP contribution >= 0.6 is 0 Å². The second-order valence-electron chi connectivity index (χ2n) is 3.47. The summed E-state index contributed by atoms with van der Waals surface area (Å²) >= 11 is 0. The van der Waals surface area contributed by atoms with Gasteiger partial charge < -0.3 is 5.73 Å². The molecule has 2 nitrogen and oxygen atoms in total. The first-order valence-electron chi connectivity index (χ1n) is 4.54. The average molecular weight is 162 g/mol. The van der Waals surface area contributed by atoms with Crippen LogP contribution in [0.4, 0.5) is 0 Å². The van der Waals surface area contributed by atoms with Crippen molar-refractivity contribution >= 4 is 0 Å². The fourth-order valence-corrected chi connectivity index (χ4v) is 1.61. The lowest BCUT2D eigenvalue weighted by molar-refractivity contribution is 0.261. The molecule has 0 unspecified atom stereocenters. The number of nitrogens with zero attached hydrogens (tertiary/aromatic N) is 1. The van der Waals surface area contributed by atoms with Gasteiger partial charge in [-0.3, -0.25) is 4.98 Å². The molecule has 1 atom stereocenters. The molecule has 1 saturated carbocycles. The molecule has 0 aromatic carbocycles. The van der Waals surface area contributed by atoms with Crippen LogP contribution in [0.5, 0.6) is 0 Å². The third-order valence-corrected chi connectivity index (χ3v) is 2.69. The zero-order chi connectivity index (χ0) is 8.39. The Balaban J connectivity index is 2.08. The lowest BCUT2D eigenvalue weighted by atomic mass is 9.79. The predicted octanol–water partition coefficient (Wildman–Crippen LogP) is 1.88. The van der Waals surface area contributed by atoms with E-state index in [0.29, 0.717) is 5.92 Å².